The Morgan fingerprint density at radius 3 is 2.65 bits per heavy atom. The Morgan fingerprint density at radius 1 is 1.26 bits per heavy atom. The summed E-state index contributed by atoms with van der Waals surface area (Å²) in [6.07, 6.45) is 4.70. The Morgan fingerprint density at radius 2 is 2.04 bits per heavy atom. The van der Waals surface area contributed by atoms with Crippen molar-refractivity contribution in [2.75, 3.05) is 0 Å². The summed E-state index contributed by atoms with van der Waals surface area (Å²) in [7, 11) is 0. The predicted molar refractivity (Wildman–Crippen MR) is 93.1 cm³/mol. The number of rotatable bonds is 5. The third kappa shape index (κ3) is 3.77. The smallest absolute Gasteiger partial charge is 0.260 e. The van der Waals surface area contributed by atoms with Crippen molar-refractivity contribution in [3.8, 4) is 5.75 Å². The van der Waals surface area contributed by atoms with E-state index in [0.29, 0.717) is 21.7 Å². The van der Waals surface area contributed by atoms with Gasteiger partial charge in [-0.2, -0.15) is 0 Å². The number of nitrogens with one attached hydrogen (secondary N) is 1. The van der Waals surface area contributed by atoms with Crippen molar-refractivity contribution in [3.05, 3.63) is 28.2 Å². The van der Waals surface area contributed by atoms with Gasteiger partial charge in [0.25, 0.3) is 5.91 Å². The fraction of sp³-hybridized carbons (Fsp3) is 0.611. The molecule has 5 heteroatoms. The molecule has 0 aliphatic heterocycles. The first-order valence-corrected chi connectivity index (χ1v) is 9.11. The van der Waals surface area contributed by atoms with E-state index in [2.05, 4.69) is 12.2 Å². The van der Waals surface area contributed by atoms with Gasteiger partial charge < -0.3 is 10.1 Å². The molecule has 23 heavy (non-hydrogen) atoms. The molecule has 1 aromatic carbocycles. The Bertz CT molecular complexity index is 592. The van der Waals surface area contributed by atoms with Crippen molar-refractivity contribution in [2.24, 2.45) is 17.8 Å². The molecule has 1 aromatic rings. The molecule has 126 valence electrons. The van der Waals surface area contributed by atoms with Crippen molar-refractivity contribution < 1.29 is 9.53 Å². The summed E-state index contributed by atoms with van der Waals surface area (Å²) in [5, 5.41) is 4.09. The van der Waals surface area contributed by atoms with Crippen molar-refractivity contribution in [1.82, 2.24) is 5.32 Å². The van der Waals surface area contributed by atoms with Gasteiger partial charge in [0.2, 0.25) is 0 Å². The maximum atomic E-state index is 12.4. The van der Waals surface area contributed by atoms with E-state index in [9.17, 15) is 4.79 Å². The lowest BCUT2D eigenvalue weighted by Crippen LogP contribution is -2.45. The summed E-state index contributed by atoms with van der Waals surface area (Å²) in [5.41, 5.74) is 0. The van der Waals surface area contributed by atoms with Crippen LogP contribution in [-0.2, 0) is 4.79 Å². The Hall–Kier alpha value is -0.930. The van der Waals surface area contributed by atoms with Crippen LogP contribution in [0, 0.1) is 17.8 Å². The minimum absolute atomic E-state index is 0.0914. The minimum atomic E-state index is -0.588. The maximum absolute atomic E-state index is 12.4. The second-order valence-electron chi connectivity index (χ2n) is 6.97. The second kappa shape index (κ2) is 6.90. The van der Waals surface area contributed by atoms with Crippen LogP contribution >= 0.6 is 23.2 Å². The molecule has 2 aliphatic rings. The zero-order valence-corrected chi connectivity index (χ0v) is 15.0. The van der Waals surface area contributed by atoms with Gasteiger partial charge in [-0.3, -0.25) is 4.79 Å². The number of carbonyl (C=O) groups is 1. The van der Waals surface area contributed by atoms with Gasteiger partial charge >= 0.3 is 0 Å². The number of amides is 1. The molecule has 0 unspecified atom stereocenters. The Kier molecular flexibility index (Phi) is 5.07. The molecule has 0 aromatic heterocycles. The first-order chi connectivity index (χ1) is 10.9. The van der Waals surface area contributed by atoms with Crippen LogP contribution in [0.15, 0.2) is 18.2 Å². The van der Waals surface area contributed by atoms with Gasteiger partial charge in [-0.25, -0.2) is 0 Å². The molecule has 0 spiro atoms. The lowest BCUT2D eigenvalue weighted by Gasteiger charge is -2.29. The molecule has 3 rings (SSSR count). The van der Waals surface area contributed by atoms with Gasteiger partial charge in [0, 0.05) is 11.1 Å². The summed E-state index contributed by atoms with van der Waals surface area (Å²) in [5.74, 6) is 2.67. The molecule has 5 atom stereocenters. The maximum Gasteiger partial charge on any atom is 0.260 e. The summed E-state index contributed by atoms with van der Waals surface area (Å²) in [6, 6.07) is 5.20. The quantitative estimate of drug-likeness (QED) is 0.830. The largest absolute Gasteiger partial charge is 0.479 e. The number of ether oxygens (including phenoxy) is 1. The minimum Gasteiger partial charge on any atom is -0.479 e. The van der Waals surface area contributed by atoms with Crippen LogP contribution in [0.4, 0.5) is 0 Å². The molecule has 2 bridgehead atoms. The van der Waals surface area contributed by atoms with E-state index in [1.807, 2.05) is 0 Å². The summed E-state index contributed by atoms with van der Waals surface area (Å²) >= 11 is 12.0. The van der Waals surface area contributed by atoms with E-state index in [-0.39, 0.29) is 11.9 Å². The van der Waals surface area contributed by atoms with Crippen molar-refractivity contribution in [2.45, 2.75) is 51.7 Å². The average Bonchev–Trinajstić information content (AvgIpc) is 3.12. The van der Waals surface area contributed by atoms with Crippen LogP contribution in [-0.4, -0.2) is 18.1 Å². The Balaban J connectivity index is 1.55. The van der Waals surface area contributed by atoms with E-state index >= 15 is 0 Å². The fourth-order valence-electron chi connectivity index (χ4n) is 4.17. The SMILES string of the molecule is C[C@H](Oc1ccc(Cl)cc1Cl)C(=O)N[C@@H](C)[C@@H]1C[C@@H]2CC[C@@H]1C2. The molecule has 2 fully saturated rings. The zero-order chi connectivity index (χ0) is 16.6. The molecular weight excluding hydrogens is 333 g/mol. The molecule has 0 radical (unpaired) electrons. The highest BCUT2D eigenvalue weighted by molar-refractivity contribution is 6.35. The number of hydrogen-bond donors (Lipinski definition) is 1. The molecule has 1 N–H and O–H groups in total. The lowest BCUT2D eigenvalue weighted by molar-refractivity contribution is -0.128. The highest BCUT2D eigenvalue weighted by Gasteiger charge is 2.42. The fourth-order valence-corrected chi connectivity index (χ4v) is 4.62. The normalized spacial score (nSPS) is 28.4. The van der Waals surface area contributed by atoms with Crippen LogP contribution in [0.5, 0.6) is 5.75 Å². The van der Waals surface area contributed by atoms with Crippen molar-refractivity contribution >= 4 is 29.1 Å². The van der Waals surface area contributed by atoms with Crippen LogP contribution < -0.4 is 10.1 Å². The van der Waals surface area contributed by atoms with Crippen LogP contribution in [0.1, 0.15) is 39.5 Å². The third-order valence-corrected chi connectivity index (χ3v) is 5.90. The van der Waals surface area contributed by atoms with E-state index in [0.717, 1.165) is 11.8 Å². The third-order valence-electron chi connectivity index (χ3n) is 5.37. The number of hydrogen-bond acceptors (Lipinski definition) is 2. The van der Waals surface area contributed by atoms with Gasteiger partial charge in [-0.15, -0.1) is 0 Å². The Labute approximate surface area is 147 Å². The monoisotopic (exact) mass is 355 g/mol. The van der Waals surface area contributed by atoms with Gasteiger partial charge in [0.1, 0.15) is 5.75 Å². The first kappa shape index (κ1) is 16.9. The molecule has 3 nitrogen and oxygen atoms in total. The molecular formula is C18H23Cl2NO2. The summed E-state index contributed by atoms with van der Waals surface area (Å²) in [6.45, 7) is 3.86. The van der Waals surface area contributed by atoms with Crippen LogP contribution in [0.3, 0.4) is 0 Å². The highest BCUT2D eigenvalue weighted by atomic mass is 35.5. The topological polar surface area (TPSA) is 38.3 Å². The molecule has 2 saturated carbocycles. The second-order valence-corrected chi connectivity index (χ2v) is 7.81. The number of fused-ring (bicyclic) bond motifs is 2. The van der Waals surface area contributed by atoms with Gasteiger partial charge in [0.15, 0.2) is 6.10 Å². The zero-order valence-electron chi connectivity index (χ0n) is 13.5. The highest BCUT2D eigenvalue weighted by Crippen LogP contribution is 2.49. The lowest BCUT2D eigenvalue weighted by atomic mass is 9.84. The van der Waals surface area contributed by atoms with E-state index in [1.165, 1.54) is 25.7 Å². The number of carbonyl (C=O) groups excluding carboxylic acids is 1. The van der Waals surface area contributed by atoms with Crippen molar-refractivity contribution in [3.63, 3.8) is 0 Å². The predicted octanol–water partition coefficient (Wildman–Crippen LogP) is 4.70. The van der Waals surface area contributed by atoms with E-state index in [4.69, 9.17) is 27.9 Å². The molecule has 2 aliphatic carbocycles. The van der Waals surface area contributed by atoms with Gasteiger partial charge in [-0.05, 0) is 69.1 Å². The summed E-state index contributed by atoms with van der Waals surface area (Å²) < 4.78 is 5.68. The number of benzene rings is 1. The first-order valence-electron chi connectivity index (χ1n) is 8.36. The van der Waals surface area contributed by atoms with Gasteiger partial charge in [0.05, 0.1) is 5.02 Å². The summed E-state index contributed by atoms with van der Waals surface area (Å²) in [4.78, 5) is 12.4. The standard InChI is InChI=1S/C18H23Cl2NO2/c1-10(15-8-12-3-4-13(15)7-12)21-18(22)11(2)23-17-6-5-14(19)9-16(17)20/h5-6,9-13,15H,3-4,7-8H2,1-2H3,(H,21,22)/t10-,11-,12+,13+,15-/m0/s1. The van der Waals surface area contributed by atoms with E-state index < -0.39 is 6.10 Å². The van der Waals surface area contributed by atoms with Gasteiger partial charge in [-0.1, -0.05) is 29.6 Å². The van der Waals surface area contributed by atoms with E-state index in [1.54, 1.807) is 25.1 Å². The number of halogens is 2. The van der Waals surface area contributed by atoms with Crippen molar-refractivity contribution in [1.29, 1.82) is 0 Å². The molecule has 0 heterocycles. The average molecular weight is 356 g/mol. The molecule has 1 amide bonds. The van der Waals surface area contributed by atoms with Crippen LogP contribution in [0.2, 0.25) is 10.0 Å². The van der Waals surface area contributed by atoms with Crippen LogP contribution in [0.25, 0.3) is 0 Å². The molecule has 0 saturated heterocycles.